The second kappa shape index (κ2) is 12.7. The van der Waals surface area contributed by atoms with E-state index in [4.69, 9.17) is 37.8 Å². The Morgan fingerprint density at radius 3 is 2.27 bits per heavy atom. The fourth-order valence-electron chi connectivity index (χ4n) is 5.28. The molecule has 0 bridgehead atoms. The largest absolute Gasteiger partial charge is 0.490 e. The van der Waals surface area contributed by atoms with Gasteiger partial charge in [0, 0.05) is 35.8 Å². The molecule has 2 saturated heterocycles. The van der Waals surface area contributed by atoms with Crippen LogP contribution in [0.3, 0.4) is 0 Å². The molecular weight excluding hydrogens is 586 g/mol. The van der Waals surface area contributed by atoms with E-state index in [0.29, 0.717) is 19.6 Å². The molecule has 0 aromatic heterocycles. The fourth-order valence-corrected chi connectivity index (χ4v) is 5.62. The van der Waals surface area contributed by atoms with E-state index in [9.17, 15) is 28.3 Å². The van der Waals surface area contributed by atoms with E-state index >= 15 is 8.78 Å². The van der Waals surface area contributed by atoms with Gasteiger partial charge in [-0.3, -0.25) is 10.1 Å². The van der Waals surface area contributed by atoms with E-state index < -0.39 is 53.2 Å². The Balaban J connectivity index is 0.000000559. The number of carboxylic acid groups (broad SMARTS) is 2. The van der Waals surface area contributed by atoms with Gasteiger partial charge in [-0.1, -0.05) is 41.4 Å². The lowest BCUT2D eigenvalue weighted by Crippen LogP contribution is -2.44. The van der Waals surface area contributed by atoms with Crippen molar-refractivity contribution in [1.29, 1.82) is 5.26 Å². The molecule has 14 heteroatoms. The van der Waals surface area contributed by atoms with Crippen molar-refractivity contribution in [1.82, 2.24) is 5.32 Å². The highest BCUT2D eigenvalue weighted by atomic mass is 35.5. The van der Waals surface area contributed by atoms with E-state index in [2.05, 4.69) is 11.4 Å². The van der Waals surface area contributed by atoms with Crippen LogP contribution in [0.4, 0.5) is 22.0 Å². The van der Waals surface area contributed by atoms with Gasteiger partial charge in [0.1, 0.15) is 23.1 Å². The minimum absolute atomic E-state index is 0.0212. The van der Waals surface area contributed by atoms with E-state index in [0.717, 1.165) is 18.9 Å². The highest BCUT2D eigenvalue weighted by molar-refractivity contribution is 6.31. The maximum Gasteiger partial charge on any atom is 0.490 e. The number of ether oxygens (including phenoxy) is 1. The average Bonchev–Trinajstić information content (AvgIpc) is 3.20. The van der Waals surface area contributed by atoms with Crippen LogP contribution in [0.25, 0.3) is 0 Å². The number of benzene rings is 2. The number of nitriles is 1. The van der Waals surface area contributed by atoms with Crippen molar-refractivity contribution in [3.8, 4) is 6.07 Å². The predicted octanol–water partition coefficient (Wildman–Crippen LogP) is 5.69. The summed E-state index contributed by atoms with van der Waals surface area (Å²) in [5.74, 6) is -6.69. The van der Waals surface area contributed by atoms with Crippen molar-refractivity contribution in [3.63, 3.8) is 0 Å². The molecule has 0 aliphatic carbocycles. The summed E-state index contributed by atoms with van der Waals surface area (Å²) in [4.78, 5) is 21.2. The first kappa shape index (κ1) is 31.5. The van der Waals surface area contributed by atoms with Crippen LogP contribution in [0.5, 0.6) is 0 Å². The van der Waals surface area contributed by atoms with E-state index in [-0.39, 0.29) is 27.1 Å². The summed E-state index contributed by atoms with van der Waals surface area (Å²) in [5.41, 5.74) is -1.79. The van der Waals surface area contributed by atoms with Gasteiger partial charge in [0.25, 0.3) is 0 Å². The summed E-state index contributed by atoms with van der Waals surface area (Å²) in [6, 6.07) is 8.29. The molecule has 2 heterocycles. The van der Waals surface area contributed by atoms with Gasteiger partial charge in [-0.05, 0) is 48.9 Å². The number of hydrogen-bond acceptors (Lipinski definition) is 5. The Morgan fingerprint density at radius 1 is 1.12 bits per heavy atom. The van der Waals surface area contributed by atoms with Crippen LogP contribution in [0, 0.1) is 28.9 Å². The number of halogens is 7. The first-order chi connectivity index (χ1) is 18.7. The summed E-state index contributed by atoms with van der Waals surface area (Å²) in [6.07, 6.45) is -3.21. The van der Waals surface area contributed by atoms with Crippen LogP contribution in [0.15, 0.2) is 36.4 Å². The summed E-state index contributed by atoms with van der Waals surface area (Å²) >= 11 is 12.0. The Kier molecular flexibility index (Phi) is 10.0. The van der Waals surface area contributed by atoms with Crippen molar-refractivity contribution in [2.75, 3.05) is 13.2 Å². The quantitative estimate of drug-likeness (QED) is 0.373. The molecular formula is C26H23Cl2F5N2O5. The molecule has 0 spiro atoms. The fraction of sp³-hybridized carbons (Fsp3) is 0.423. The van der Waals surface area contributed by atoms with Crippen LogP contribution in [-0.2, 0) is 19.7 Å². The maximum atomic E-state index is 15.3. The number of aliphatic carboxylic acids is 2. The molecule has 4 rings (SSSR count). The lowest BCUT2D eigenvalue weighted by molar-refractivity contribution is -0.192. The zero-order valence-corrected chi connectivity index (χ0v) is 22.0. The van der Waals surface area contributed by atoms with Gasteiger partial charge < -0.3 is 14.9 Å². The number of hydrogen-bond donors (Lipinski definition) is 3. The third kappa shape index (κ3) is 6.49. The lowest BCUT2D eigenvalue weighted by atomic mass is 9.63. The lowest BCUT2D eigenvalue weighted by Gasteiger charge is -2.37. The summed E-state index contributed by atoms with van der Waals surface area (Å²) < 4.78 is 67.7. The molecule has 4 atom stereocenters. The predicted molar refractivity (Wildman–Crippen MR) is 133 cm³/mol. The number of nitrogens with one attached hydrogen (secondary N) is 1. The van der Waals surface area contributed by atoms with Crippen molar-refractivity contribution in [3.05, 3.63) is 69.2 Å². The molecule has 0 unspecified atom stereocenters. The van der Waals surface area contributed by atoms with Crippen LogP contribution in [-0.4, -0.2) is 53.6 Å². The van der Waals surface area contributed by atoms with Gasteiger partial charge in [0.05, 0.1) is 11.1 Å². The SMILES string of the molecule is N#C[C@]1(c2ccc(Cl)cc2F)[C@H](CC2CCOCC2)N[C@@H](C(=O)O)[C@@H]1c1cccc(Cl)c1F.O=C(O)C(F)(F)F. The van der Waals surface area contributed by atoms with Crippen LogP contribution in [0.2, 0.25) is 10.0 Å². The van der Waals surface area contributed by atoms with Crippen LogP contribution >= 0.6 is 23.2 Å². The highest BCUT2D eigenvalue weighted by Gasteiger charge is 2.61. The molecule has 0 saturated carbocycles. The summed E-state index contributed by atoms with van der Waals surface area (Å²) in [5, 5.41) is 30.7. The highest BCUT2D eigenvalue weighted by Crippen LogP contribution is 2.52. The molecule has 0 amide bonds. The normalized spacial score (nSPS) is 25.0. The standard InChI is InChI=1S/C24H22Cl2F2N2O3.C2HF3O2/c25-14-4-5-16(18(27)11-14)24(12-29)19(10-13-6-8-33-9-7-13)30-22(23(31)32)20(24)15-2-1-3-17(26)21(15)28;3-2(4,5)1(6)7/h1-5,11,13,19-20,22,30H,6-10H2,(H,31,32);(H,6,7)/t19-,20-,22+,24-;/m0./s1. The number of nitrogens with zero attached hydrogens (tertiary/aromatic N) is 1. The number of alkyl halides is 3. The molecule has 2 aromatic carbocycles. The molecule has 2 aliphatic heterocycles. The van der Waals surface area contributed by atoms with Gasteiger partial charge >= 0.3 is 18.1 Å². The van der Waals surface area contributed by atoms with Crippen LogP contribution < -0.4 is 5.32 Å². The molecule has 7 nitrogen and oxygen atoms in total. The Morgan fingerprint density at radius 2 is 1.75 bits per heavy atom. The Bertz CT molecular complexity index is 1300. The van der Waals surface area contributed by atoms with Gasteiger partial charge in [-0.2, -0.15) is 18.4 Å². The van der Waals surface area contributed by atoms with Crippen molar-refractivity contribution in [2.24, 2.45) is 5.92 Å². The molecule has 2 aromatic rings. The second-order valence-electron chi connectivity index (χ2n) is 9.36. The maximum absolute atomic E-state index is 15.3. The number of carboxylic acids is 2. The molecule has 0 radical (unpaired) electrons. The third-order valence-electron chi connectivity index (χ3n) is 7.05. The van der Waals surface area contributed by atoms with E-state index in [1.165, 1.54) is 30.3 Å². The Hall–Kier alpha value is -2.98. The summed E-state index contributed by atoms with van der Waals surface area (Å²) in [6.45, 7) is 1.11. The number of rotatable bonds is 5. The third-order valence-corrected chi connectivity index (χ3v) is 7.58. The zero-order valence-electron chi connectivity index (χ0n) is 20.5. The number of carbonyl (C=O) groups is 2. The molecule has 2 aliphatic rings. The second-order valence-corrected chi connectivity index (χ2v) is 10.2. The average molecular weight is 609 g/mol. The van der Waals surface area contributed by atoms with Gasteiger partial charge in [0.15, 0.2) is 0 Å². The molecule has 2 fully saturated rings. The Labute approximate surface area is 235 Å². The molecule has 3 N–H and O–H groups in total. The van der Waals surface area contributed by atoms with E-state index in [1.54, 1.807) is 0 Å². The minimum Gasteiger partial charge on any atom is -0.480 e. The van der Waals surface area contributed by atoms with Crippen molar-refractivity contribution < 1.29 is 46.5 Å². The van der Waals surface area contributed by atoms with Gasteiger partial charge in [0.2, 0.25) is 0 Å². The van der Waals surface area contributed by atoms with Gasteiger partial charge in [-0.25, -0.2) is 13.6 Å². The first-order valence-electron chi connectivity index (χ1n) is 11.9. The smallest absolute Gasteiger partial charge is 0.480 e. The minimum atomic E-state index is -5.08. The van der Waals surface area contributed by atoms with Crippen molar-refractivity contribution in [2.45, 2.75) is 48.9 Å². The van der Waals surface area contributed by atoms with E-state index in [1.807, 2.05) is 0 Å². The van der Waals surface area contributed by atoms with Crippen LogP contribution in [0.1, 0.15) is 36.3 Å². The topological polar surface area (TPSA) is 120 Å². The van der Waals surface area contributed by atoms with Gasteiger partial charge in [-0.15, -0.1) is 0 Å². The van der Waals surface area contributed by atoms with Crippen molar-refractivity contribution >= 4 is 35.1 Å². The molecule has 40 heavy (non-hydrogen) atoms. The monoisotopic (exact) mass is 608 g/mol. The zero-order chi connectivity index (χ0) is 29.8. The first-order valence-corrected chi connectivity index (χ1v) is 12.7. The molecule has 216 valence electrons. The summed E-state index contributed by atoms with van der Waals surface area (Å²) in [7, 11) is 0.